The van der Waals surface area contributed by atoms with Gasteiger partial charge < -0.3 is 14.5 Å². The first-order valence-corrected chi connectivity index (χ1v) is 14.8. The monoisotopic (exact) mass is 528 g/mol. The predicted octanol–water partition coefficient (Wildman–Crippen LogP) is 3.75. The number of rotatable bonds is 6. The van der Waals surface area contributed by atoms with Gasteiger partial charge in [0.1, 0.15) is 11.3 Å². The molecule has 2 aromatic carbocycles. The standard InChI is InChI=1S/C26H32N4O4S2/c1-3-34-22-7-4-8-23-24(22)27-26(35-23)29-16-14-28(15-17-29)25(31)20-6-5-13-30(18-20)36(32,33)21-11-9-19(2)10-12-21/h4,7-12,20H,3,5-6,13-18H2,1-2H3. The molecule has 2 saturated heterocycles. The minimum atomic E-state index is -3.60. The summed E-state index contributed by atoms with van der Waals surface area (Å²) >= 11 is 1.64. The number of sulfonamides is 1. The van der Waals surface area contributed by atoms with E-state index in [1.165, 1.54) is 4.31 Å². The Kier molecular flexibility index (Phi) is 7.18. The first-order valence-electron chi connectivity index (χ1n) is 12.5. The molecule has 192 valence electrons. The van der Waals surface area contributed by atoms with Crippen molar-refractivity contribution in [3.8, 4) is 5.75 Å². The molecule has 0 spiro atoms. The van der Waals surface area contributed by atoms with E-state index in [4.69, 9.17) is 9.72 Å². The molecule has 2 aliphatic rings. The maximum Gasteiger partial charge on any atom is 0.243 e. The summed E-state index contributed by atoms with van der Waals surface area (Å²) in [5.74, 6) is 0.553. The van der Waals surface area contributed by atoms with E-state index in [9.17, 15) is 13.2 Å². The number of aromatic nitrogens is 1. The van der Waals surface area contributed by atoms with Gasteiger partial charge in [-0.15, -0.1) is 0 Å². The highest BCUT2D eigenvalue weighted by molar-refractivity contribution is 7.89. The number of benzene rings is 2. The van der Waals surface area contributed by atoms with Crippen molar-refractivity contribution < 1.29 is 17.9 Å². The molecule has 0 bridgehead atoms. The van der Waals surface area contributed by atoms with Gasteiger partial charge in [-0.05, 0) is 51.0 Å². The fraction of sp³-hybridized carbons (Fsp3) is 0.462. The maximum atomic E-state index is 13.4. The van der Waals surface area contributed by atoms with E-state index in [1.54, 1.807) is 23.5 Å². The minimum absolute atomic E-state index is 0.0568. The van der Waals surface area contributed by atoms with Crippen LogP contribution in [0.2, 0.25) is 0 Å². The zero-order chi connectivity index (χ0) is 25.3. The Balaban J connectivity index is 1.22. The summed E-state index contributed by atoms with van der Waals surface area (Å²) in [6.07, 6.45) is 1.41. The molecule has 0 aliphatic carbocycles. The van der Waals surface area contributed by atoms with E-state index in [0.717, 1.165) is 33.1 Å². The molecule has 5 rings (SSSR count). The van der Waals surface area contributed by atoms with Crippen molar-refractivity contribution in [2.24, 2.45) is 5.92 Å². The van der Waals surface area contributed by atoms with E-state index < -0.39 is 10.0 Å². The van der Waals surface area contributed by atoms with Gasteiger partial charge in [-0.25, -0.2) is 13.4 Å². The van der Waals surface area contributed by atoms with Gasteiger partial charge in [0, 0.05) is 39.3 Å². The van der Waals surface area contributed by atoms with Crippen LogP contribution in [0, 0.1) is 12.8 Å². The number of nitrogens with zero attached hydrogens (tertiary/aromatic N) is 4. The highest BCUT2D eigenvalue weighted by atomic mass is 32.2. The van der Waals surface area contributed by atoms with Crippen molar-refractivity contribution in [1.82, 2.24) is 14.2 Å². The summed E-state index contributed by atoms with van der Waals surface area (Å²) in [5.41, 5.74) is 1.90. The van der Waals surface area contributed by atoms with Crippen molar-refractivity contribution in [3.63, 3.8) is 0 Å². The smallest absolute Gasteiger partial charge is 0.243 e. The van der Waals surface area contributed by atoms with Gasteiger partial charge in [0.25, 0.3) is 0 Å². The number of piperazine rings is 1. The summed E-state index contributed by atoms with van der Waals surface area (Å²) in [5, 5.41) is 0.942. The largest absolute Gasteiger partial charge is 0.492 e. The van der Waals surface area contributed by atoms with E-state index in [1.807, 2.05) is 43.0 Å². The van der Waals surface area contributed by atoms with Gasteiger partial charge in [-0.3, -0.25) is 4.79 Å². The number of thiazole rings is 1. The molecule has 2 fully saturated rings. The quantitative estimate of drug-likeness (QED) is 0.485. The summed E-state index contributed by atoms with van der Waals surface area (Å²) in [7, 11) is -3.60. The van der Waals surface area contributed by atoms with Crippen LogP contribution in [-0.4, -0.2) is 74.4 Å². The molecule has 3 aromatic rings. The number of anilines is 1. The number of fused-ring (bicyclic) bond motifs is 1. The van der Waals surface area contributed by atoms with Crippen molar-refractivity contribution >= 4 is 42.6 Å². The molecule has 10 heteroatoms. The molecule has 2 aliphatic heterocycles. The highest BCUT2D eigenvalue weighted by Crippen LogP contribution is 2.35. The van der Waals surface area contributed by atoms with E-state index in [0.29, 0.717) is 45.8 Å². The van der Waals surface area contributed by atoms with Crippen molar-refractivity contribution in [3.05, 3.63) is 48.0 Å². The number of carbonyl (C=O) groups excluding carboxylic acids is 1. The third-order valence-corrected chi connectivity index (χ3v) is 9.89. The second-order valence-corrected chi connectivity index (χ2v) is 12.3. The summed E-state index contributed by atoms with van der Waals surface area (Å²) in [6, 6.07) is 12.9. The molecule has 0 saturated carbocycles. The van der Waals surface area contributed by atoms with Gasteiger partial charge in [-0.1, -0.05) is 35.1 Å². The molecule has 36 heavy (non-hydrogen) atoms. The molecule has 1 amide bonds. The topological polar surface area (TPSA) is 83.0 Å². The zero-order valence-corrected chi connectivity index (χ0v) is 22.4. The van der Waals surface area contributed by atoms with Gasteiger partial charge in [0.15, 0.2) is 5.13 Å². The Labute approximate surface area is 216 Å². The number of hydrogen-bond donors (Lipinski definition) is 0. The Hall–Kier alpha value is -2.69. The van der Waals surface area contributed by atoms with Crippen LogP contribution in [0.5, 0.6) is 5.75 Å². The number of hydrogen-bond acceptors (Lipinski definition) is 7. The van der Waals surface area contributed by atoms with Gasteiger partial charge in [-0.2, -0.15) is 4.31 Å². The second kappa shape index (κ2) is 10.4. The normalized spacial score (nSPS) is 19.6. The molecular formula is C26H32N4O4S2. The third-order valence-electron chi connectivity index (χ3n) is 6.92. The Morgan fingerprint density at radius 1 is 1.08 bits per heavy atom. The lowest BCUT2D eigenvalue weighted by molar-refractivity contribution is -0.137. The van der Waals surface area contributed by atoms with Crippen LogP contribution in [0.15, 0.2) is 47.4 Å². The van der Waals surface area contributed by atoms with E-state index in [2.05, 4.69) is 11.0 Å². The lowest BCUT2D eigenvalue weighted by Gasteiger charge is -2.38. The van der Waals surface area contributed by atoms with Crippen LogP contribution in [0.3, 0.4) is 0 Å². The SMILES string of the molecule is CCOc1cccc2sc(N3CCN(C(=O)C4CCCN(S(=O)(=O)c5ccc(C)cc5)C4)CC3)nc12. The van der Waals surface area contributed by atoms with Crippen LogP contribution >= 0.6 is 11.3 Å². The third kappa shape index (κ3) is 4.94. The molecule has 3 heterocycles. The summed E-state index contributed by atoms with van der Waals surface area (Å²) in [6.45, 7) is 7.80. The van der Waals surface area contributed by atoms with Crippen LogP contribution < -0.4 is 9.64 Å². The van der Waals surface area contributed by atoms with Gasteiger partial charge in [0.2, 0.25) is 15.9 Å². The molecule has 1 unspecified atom stereocenters. The Morgan fingerprint density at radius 2 is 1.83 bits per heavy atom. The van der Waals surface area contributed by atoms with Crippen LogP contribution in [0.1, 0.15) is 25.3 Å². The zero-order valence-electron chi connectivity index (χ0n) is 20.7. The van der Waals surface area contributed by atoms with Gasteiger partial charge >= 0.3 is 0 Å². The average Bonchev–Trinajstić information content (AvgIpc) is 3.34. The lowest BCUT2D eigenvalue weighted by Crippen LogP contribution is -2.53. The molecular weight excluding hydrogens is 496 g/mol. The van der Waals surface area contributed by atoms with Crippen LogP contribution in [-0.2, 0) is 14.8 Å². The number of amides is 1. The number of para-hydroxylation sites is 1. The van der Waals surface area contributed by atoms with Crippen molar-refractivity contribution in [1.29, 1.82) is 0 Å². The molecule has 8 nitrogen and oxygen atoms in total. The minimum Gasteiger partial charge on any atom is -0.492 e. The maximum absolute atomic E-state index is 13.4. The number of carbonyl (C=O) groups is 1. The number of aryl methyl sites for hydroxylation is 1. The fourth-order valence-corrected chi connectivity index (χ4v) is 7.48. The molecule has 1 atom stereocenters. The Morgan fingerprint density at radius 3 is 2.56 bits per heavy atom. The Bertz CT molecular complexity index is 1330. The lowest BCUT2D eigenvalue weighted by atomic mass is 9.98. The number of piperidine rings is 1. The summed E-state index contributed by atoms with van der Waals surface area (Å²) < 4.78 is 34.6. The summed E-state index contributed by atoms with van der Waals surface area (Å²) in [4.78, 5) is 22.6. The number of ether oxygens (including phenoxy) is 1. The van der Waals surface area contributed by atoms with Crippen molar-refractivity contribution in [2.75, 3.05) is 50.8 Å². The fourth-order valence-electron chi connectivity index (χ4n) is 4.92. The van der Waals surface area contributed by atoms with Crippen LogP contribution in [0.4, 0.5) is 5.13 Å². The average molecular weight is 529 g/mol. The van der Waals surface area contributed by atoms with E-state index in [-0.39, 0.29) is 23.3 Å². The van der Waals surface area contributed by atoms with Crippen LogP contribution in [0.25, 0.3) is 10.2 Å². The molecule has 1 aromatic heterocycles. The molecule has 0 radical (unpaired) electrons. The highest BCUT2D eigenvalue weighted by Gasteiger charge is 2.36. The second-order valence-electron chi connectivity index (χ2n) is 9.36. The molecule has 0 N–H and O–H groups in total. The van der Waals surface area contributed by atoms with Crippen molar-refractivity contribution in [2.45, 2.75) is 31.6 Å². The predicted molar refractivity (Wildman–Crippen MR) is 142 cm³/mol. The first kappa shape index (κ1) is 25.0. The van der Waals surface area contributed by atoms with Gasteiger partial charge in [0.05, 0.1) is 22.1 Å². The van der Waals surface area contributed by atoms with E-state index >= 15 is 0 Å². The first-order chi connectivity index (χ1) is 17.4.